The van der Waals surface area contributed by atoms with Crippen molar-refractivity contribution < 1.29 is 38.4 Å². The summed E-state index contributed by atoms with van der Waals surface area (Å²) in [5.41, 5.74) is 0.488. The zero-order valence-electron chi connectivity index (χ0n) is 20.2. The second-order valence-electron chi connectivity index (χ2n) is 8.61. The standard InChI is InChI=1S/C25H23ClN4O8/c1-29-7-9-36-22-18(24(29)32)2-3-19(21(22)26)38-17-11-14(10-16(12-17)37-15-5-8-35-13-15)23(31)27-20-4-6-30(28-20)25(33)34/h2-4,6,10-12,15H,5,7-9,13H2,1H3,(H,33,34)(H,27,28,31)/t15-/m0/s1. The van der Waals surface area contributed by atoms with Crippen LogP contribution in [0.2, 0.25) is 5.02 Å². The van der Waals surface area contributed by atoms with Gasteiger partial charge in [-0.25, -0.2) is 4.79 Å². The van der Waals surface area contributed by atoms with Gasteiger partial charge >= 0.3 is 6.09 Å². The van der Waals surface area contributed by atoms with Crippen LogP contribution >= 0.6 is 11.6 Å². The zero-order valence-corrected chi connectivity index (χ0v) is 20.9. The molecule has 0 bridgehead atoms. The van der Waals surface area contributed by atoms with Crippen LogP contribution < -0.4 is 19.5 Å². The Kier molecular flexibility index (Phi) is 7.07. The Morgan fingerprint density at radius 3 is 2.74 bits per heavy atom. The van der Waals surface area contributed by atoms with Gasteiger partial charge in [-0.05, 0) is 24.3 Å². The van der Waals surface area contributed by atoms with Crippen LogP contribution in [0.15, 0.2) is 42.6 Å². The van der Waals surface area contributed by atoms with E-state index in [0.717, 1.165) is 0 Å². The number of carbonyl (C=O) groups is 3. The number of fused-ring (bicyclic) bond motifs is 1. The number of benzene rings is 2. The van der Waals surface area contributed by atoms with E-state index in [-0.39, 0.29) is 52.3 Å². The van der Waals surface area contributed by atoms with Crippen LogP contribution in [0.5, 0.6) is 23.0 Å². The lowest BCUT2D eigenvalue weighted by molar-refractivity contribution is 0.0796. The molecule has 5 rings (SSSR count). The summed E-state index contributed by atoms with van der Waals surface area (Å²) < 4.78 is 23.8. The summed E-state index contributed by atoms with van der Waals surface area (Å²) in [5, 5.41) is 15.5. The van der Waals surface area contributed by atoms with E-state index in [9.17, 15) is 14.4 Å². The number of nitrogens with one attached hydrogen (secondary N) is 1. The van der Waals surface area contributed by atoms with E-state index in [2.05, 4.69) is 10.4 Å². The van der Waals surface area contributed by atoms with E-state index in [1.54, 1.807) is 30.1 Å². The molecule has 3 aromatic rings. The second-order valence-corrected chi connectivity index (χ2v) is 8.99. The van der Waals surface area contributed by atoms with Crippen molar-refractivity contribution >= 4 is 35.3 Å². The van der Waals surface area contributed by atoms with Crippen LogP contribution in [0.1, 0.15) is 27.1 Å². The lowest BCUT2D eigenvalue weighted by atomic mass is 10.1. The Balaban J connectivity index is 1.44. The number of likely N-dealkylation sites (N-methyl/N-ethyl adjacent to an activating group) is 1. The molecule has 1 fully saturated rings. The third kappa shape index (κ3) is 5.36. The van der Waals surface area contributed by atoms with Crippen molar-refractivity contribution in [2.24, 2.45) is 0 Å². The number of nitrogens with zero attached hydrogens (tertiary/aromatic N) is 3. The number of halogens is 1. The third-order valence-corrected chi connectivity index (χ3v) is 6.26. The molecule has 3 heterocycles. The van der Waals surface area contributed by atoms with Gasteiger partial charge in [0.2, 0.25) is 0 Å². The van der Waals surface area contributed by atoms with Gasteiger partial charge < -0.3 is 34.3 Å². The van der Waals surface area contributed by atoms with Gasteiger partial charge in [0.15, 0.2) is 11.6 Å². The molecule has 0 spiro atoms. The number of anilines is 1. The monoisotopic (exact) mass is 542 g/mol. The first-order valence-electron chi connectivity index (χ1n) is 11.7. The molecule has 2 N–H and O–H groups in total. The van der Waals surface area contributed by atoms with Crippen LogP contribution in [0.25, 0.3) is 0 Å². The molecule has 2 aromatic carbocycles. The number of hydrogen-bond acceptors (Lipinski definition) is 8. The number of carbonyl (C=O) groups excluding carboxylic acids is 2. The number of aromatic nitrogens is 2. The maximum atomic E-state index is 13.0. The van der Waals surface area contributed by atoms with Crippen LogP contribution in [-0.2, 0) is 4.74 Å². The fourth-order valence-corrected chi connectivity index (χ4v) is 4.22. The van der Waals surface area contributed by atoms with Crippen LogP contribution in [-0.4, -0.2) is 77.2 Å². The first-order chi connectivity index (χ1) is 18.3. The summed E-state index contributed by atoms with van der Waals surface area (Å²) in [4.78, 5) is 38.2. The van der Waals surface area contributed by atoms with Crippen molar-refractivity contribution in [3.8, 4) is 23.0 Å². The minimum atomic E-state index is -1.29. The first-order valence-corrected chi connectivity index (χ1v) is 12.0. The smallest absolute Gasteiger partial charge is 0.432 e. The summed E-state index contributed by atoms with van der Waals surface area (Å²) in [6.45, 7) is 1.66. The van der Waals surface area contributed by atoms with E-state index in [1.807, 2.05) is 0 Å². The van der Waals surface area contributed by atoms with Crippen molar-refractivity contribution in [2.45, 2.75) is 12.5 Å². The molecule has 2 aliphatic heterocycles. The minimum Gasteiger partial charge on any atom is -0.489 e. The molecular weight excluding hydrogens is 520 g/mol. The molecule has 0 radical (unpaired) electrons. The molecule has 198 valence electrons. The lowest BCUT2D eigenvalue weighted by Crippen LogP contribution is -2.27. The highest BCUT2D eigenvalue weighted by Crippen LogP contribution is 2.41. The number of ether oxygens (including phenoxy) is 4. The average molecular weight is 543 g/mol. The van der Waals surface area contributed by atoms with Crippen molar-refractivity contribution in [3.05, 3.63) is 58.7 Å². The maximum absolute atomic E-state index is 13.0. The summed E-state index contributed by atoms with van der Waals surface area (Å²) in [5.74, 6) is 0.306. The summed E-state index contributed by atoms with van der Waals surface area (Å²) >= 11 is 6.57. The van der Waals surface area contributed by atoms with E-state index in [1.165, 1.54) is 24.4 Å². The Bertz CT molecular complexity index is 1400. The summed E-state index contributed by atoms with van der Waals surface area (Å²) in [6.07, 6.45) is 0.414. The molecule has 1 saturated heterocycles. The summed E-state index contributed by atoms with van der Waals surface area (Å²) in [6, 6.07) is 9.10. The Morgan fingerprint density at radius 1 is 1.18 bits per heavy atom. The van der Waals surface area contributed by atoms with Crippen molar-refractivity contribution in [1.29, 1.82) is 0 Å². The first kappa shape index (κ1) is 25.4. The molecule has 2 aliphatic rings. The minimum absolute atomic E-state index is 0.0518. The topological polar surface area (TPSA) is 141 Å². The molecule has 1 atom stereocenters. The molecule has 0 saturated carbocycles. The van der Waals surface area contributed by atoms with Crippen molar-refractivity contribution in [2.75, 3.05) is 38.7 Å². The normalized spacial score (nSPS) is 16.8. The fraction of sp³-hybridized carbons (Fsp3) is 0.280. The molecule has 0 aliphatic carbocycles. The zero-order chi connectivity index (χ0) is 26.8. The second kappa shape index (κ2) is 10.6. The highest BCUT2D eigenvalue weighted by Gasteiger charge is 2.26. The van der Waals surface area contributed by atoms with Crippen molar-refractivity contribution in [3.63, 3.8) is 0 Å². The Morgan fingerprint density at radius 2 is 2.00 bits per heavy atom. The lowest BCUT2D eigenvalue weighted by Gasteiger charge is -2.17. The van der Waals surface area contributed by atoms with E-state index in [4.69, 9.17) is 35.7 Å². The number of rotatable bonds is 6. The van der Waals surface area contributed by atoms with Gasteiger partial charge in [0.25, 0.3) is 11.8 Å². The Labute approximate surface area is 221 Å². The average Bonchev–Trinajstić information content (AvgIpc) is 3.55. The van der Waals surface area contributed by atoms with Gasteiger partial charge in [-0.15, -0.1) is 5.10 Å². The number of amides is 2. The Hall–Kier alpha value is -4.29. The predicted molar refractivity (Wildman–Crippen MR) is 134 cm³/mol. The van der Waals surface area contributed by atoms with Gasteiger partial charge in [0.05, 0.1) is 25.3 Å². The predicted octanol–water partition coefficient (Wildman–Crippen LogP) is 3.74. The SMILES string of the molecule is CN1CCOc2c(ccc(Oc3cc(O[C@H]4CCOC4)cc(C(=O)Nc4ccn(C(=O)O)n4)c3)c2Cl)C1=O. The summed E-state index contributed by atoms with van der Waals surface area (Å²) in [7, 11) is 1.68. The molecular formula is C25H23ClN4O8. The quantitative estimate of drug-likeness (QED) is 0.476. The molecule has 13 heteroatoms. The number of hydrogen-bond donors (Lipinski definition) is 2. The van der Waals surface area contributed by atoms with Gasteiger partial charge in [0.1, 0.15) is 35.0 Å². The van der Waals surface area contributed by atoms with Gasteiger partial charge in [-0.2, -0.15) is 4.68 Å². The molecule has 0 unspecified atom stereocenters. The van der Waals surface area contributed by atoms with Gasteiger partial charge in [-0.1, -0.05) is 11.6 Å². The maximum Gasteiger partial charge on any atom is 0.432 e. The largest absolute Gasteiger partial charge is 0.489 e. The highest BCUT2D eigenvalue weighted by atomic mass is 35.5. The van der Waals surface area contributed by atoms with Crippen LogP contribution in [0.4, 0.5) is 10.6 Å². The fourth-order valence-electron chi connectivity index (χ4n) is 3.96. The van der Waals surface area contributed by atoms with Crippen LogP contribution in [0.3, 0.4) is 0 Å². The van der Waals surface area contributed by atoms with Crippen LogP contribution in [0, 0.1) is 0 Å². The molecule has 38 heavy (non-hydrogen) atoms. The van der Waals surface area contributed by atoms with Gasteiger partial charge in [-0.3, -0.25) is 9.59 Å². The molecule has 1 aromatic heterocycles. The third-order valence-electron chi connectivity index (χ3n) is 5.90. The van der Waals surface area contributed by atoms with E-state index < -0.39 is 12.0 Å². The van der Waals surface area contributed by atoms with Gasteiger partial charge in [0, 0.05) is 37.4 Å². The number of carboxylic acid groups (broad SMARTS) is 1. The van der Waals surface area contributed by atoms with E-state index >= 15 is 0 Å². The molecule has 12 nitrogen and oxygen atoms in total. The van der Waals surface area contributed by atoms with Crippen molar-refractivity contribution in [1.82, 2.24) is 14.7 Å². The van der Waals surface area contributed by atoms with E-state index in [0.29, 0.717) is 42.2 Å². The highest BCUT2D eigenvalue weighted by molar-refractivity contribution is 6.34. The molecule has 2 amide bonds.